The van der Waals surface area contributed by atoms with Gasteiger partial charge in [0.25, 0.3) is 5.69 Å². The second-order valence-corrected chi connectivity index (χ2v) is 5.15. The van der Waals surface area contributed by atoms with Gasteiger partial charge in [-0.3, -0.25) is 10.1 Å². The van der Waals surface area contributed by atoms with Crippen LogP contribution in [0.1, 0.15) is 25.3 Å². The van der Waals surface area contributed by atoms with Crippen molar-refractivity contribution in [2.75, 3.05) is 6.61 Å². The van der Waals surface area contributed by atoms with E-state index in [2.05, 4.69) is 0 Å². The van der Waals surface area contributed by atoms with E-state index in [1.807, 2.05) is 6.92 Å². The van der Waals surface area contributed by atoms with Crippen molar-refractivity contribution in [1.82, 2.24) is 0 Å². The van der Waals surface area contributed by atoms with Gasteiger partial charge in [-0.1, -0.05) is 12.1 Å². The number of hydrogen-bond acceptors (Lipinski definition) is 4. The number of nitro benzene ring substituents is 1. The average Bonchev–Trinajstić information content (AvgIpc) is 2.28. The van der Waals surface area contributed by atoms with Gasteiger partial charge in [0, 0.05) is 31.2 Å². The minimum absolute atomic E-state index is 0.116. The molecule has 2 rings (SSSR count). The van der Waals surface area contributed by atoms with Gasteiger partial charge in [-0.25, -0.2) is 0 Å². The largest absolute Gasteiger partial charge is 0.375 e. The lowest BCUT2D eigenvalue weighted by Crippen LogP contribution is -2.44. The van der Waals surface area contributed by atoms with E-state index in [9.17, 15) is 10.1 Å². The summed E-state index contributed by atoms with van der Waals surface area (Å²) in [5, 5.41) is 10.6. The van der Waals surface area contributed by atoms with Crippen LogP contribution in [0.4, 0.5) is 5.69 Å². The molecular weight excluding hydrogens is 232 g/mol. The molecule has 0 amide bonds. The van der Waals surface area contributed by atoms with Gasteiger partial charge in [-0.05, 0) is 25.3 Å². The number of ether oxygens (including phenoxy) is 1. The lowest BCUT2D eigenvalue weighted by atomic mass is 9.87. The summed E-state index contributed by atoms with van der Waals surface area (Å²) in [4.78, 5) is 10.2. The monoisotopic (exact) mass is 250 g/mol. The van der Waals surface area contributed by atoms with E-state index in [4.69, 9.17) is 10.5 Å². The highest BCUT2D eigenvalue weighted by Crippen LogP contribution is 2.28. The van der Waals surface area contributed by atoms with Gasteiger partial charge in [0.05, 0.1) is 10.5 Å². The second-order valence-electron chi connectivity index (χ2n) is 5.15. The summed E-state index contributed by atoms with van der Waals surface area (Å²) >= 11 is 0. The van der Waals surface area contributed by atoms with Crippen molar-refractivity contribution in [2.24, 2.45) is 5.73 Å². The smallest absolute Gasteiger partial charge is 0.269 e. The first-order chi connectivity index (χ1) is 8.48. The molecule has 0 aliphatic carbocycles. The number of nitrogens with two attached hydrogens (primary N) is 1. The van der Waals surface area contributed by atoms with E-state index in [1.165, 1.54) is 12.1 Å². The maximum Gasteiger partial charge on any atom is 0.269 e. The number of benzene rings is 1. The summed E-state index contributed by atoms with van der Waals surface area (Å²) in [6.07, 6.45) is 2.46. The molecule has 1 saturated heterocycles. The maximum absolute atomic E-state index is 10.6. The molecule has 0 saturated carbocycles. The summed E-state index contributed by atoms with van der Waals surface area (Å²) in [7, 11) is 0. The molecular formula is C13H18N2O3. The summed E-state index contributed by atoms with van der Waals surface area (Å²) in [6.45, 7) is 2.73. The molecule has 0 aromatic heterocycles. The summed E-state index contributed by atoms with van der Waals surface area (Å²) in [5.41, 5.74) is 6.86. The third kappa shape index (κ3) is 3.05. The molecule has 5 nitrogen and oxygen atoms in total. The van der Waals surface area contributed by atoms with Crippen molar-refractivity contribution < 1.29 is 9.66 Å². The van der Waals surface area contributed by atoms with Crippen LogP contribution in [0.5, 0.6) is 0 Å². The van der Waals surface area contributed by atoms with Crippen molar-refractivity contribution in [2.45, 2.75) is 37.8 Å². The zero-order chi connectivity index (χ0) is 13.2. The molecule has 18 heavy (non-hydrogen) atoms. The first-order valence-corrected chi connectivity index (χ1v) is 6.11. The number of non-ortho nitro benzene ring substituents is 1. The number of hydrogen-bond donors (Lipinski definition) is 1. The Hall–Kier alpha value is -1.46. The van der Waals surface area contributed by atoms with Crippen molar-refractivity contribution in [1.29, 1.82) is 0 Å². The van der Waals surface area contributed by atoms with Crippen LogP contribution in [0.3, 0.4) is 0 Å². The van der Waals surface area contributed by atoms with Gasteiger partial charge in [0.2, 0.25) is 0 Å². The molecule has 2 unspecified atom stereocenters. The highest BCUT2D eigenvalue weighted by atomic mass is 16.6. The van der Waals surface area contributed by atoms with Crippen molar-refractivity contribution in [3.8, 4) is 0 Å². The highest BCUT2D eigenvalue weighted by Gasteiger charge is 2.31. The molecule has 1 aliphatic rings. The highest BCUT2D eigenvalue weighted by molar-refractivity contribution is 5.33. The van der Waals surface area contributed by atoms with Gasteiger partial charge in [-0.15, -0.1) is 0 Å². The molecule has 0 bridgehead atoms. The molecule has 98 valence electrons. The molecule has 2 atom stereocenters. The average molecular weight is 250 g/mol. The van der Waals surface area contributed by atoms with Crippen molar-refractivity contribution >= 4 is 5.69 Å². The van der Waals surface area contributed by atoms with Gasteiger partial charge in [-0.2, -0.15) is 0 Å². The molecule has 0 spiro atoms. The Morgan fingerprint density at radius 1 is 1.50 bits per heavy atom. The Kier molecular flexibility index (Phi) is 3.63. The van der Waals surface area contributed by atoms with Crippen LogP contribution in [-0.2, 0) is 11.2 Å². The zero-order valence-electron chi connectivity index (χ0n) is 10.5. The number of nitro groups is 1. The second kappa shape index (κ2) is 5.04. The van der Waals surface area contributed by atoms with Crippen LogP contribution < -0.4 is 5.73 Å². The molecule has 5 heteroatoms. The van der Waals surface area contributed by atoms with Crippen LogP contribution in [0, 0.1) is 10.1 Å². The molecule has 2 N–H and O–H groups in total. The predicted molar refractivity (Wildman–Crippen MR) is 68.4 cm³/mol. The topological polar surface area (TPSA) is 78.4 Å². The van der Waals surface area contributed by atoms with Crippen LogP contribution in [0.15, 0.2) is 24.3 Å². The minimum atomic E-state index is -0.390. The van der Waals surface area contributed by atoms with E-state index in [0.29, 0.717) is 6.61 Å². The Morgan fingerprint density at radius 3 is 2.72 bits per heavy atom. The van der Waals surface area contributed by atoms with Crippen LogP contribution in [0.25, 0.3) is 0 Å². The summed E-state index contributed by atoms with van der Waals surface area (Å²) in [6, 6.07) is 6.81. The van der Waals surface area contributed by atoms with Crippen LogP contribution >= 0.6 is 0 Å². The van der Waals surface area contributed by atoms with E-state index < -0.39 is 4.92 Å². The standard InChI is InChI=1S/C13H18N2O3/c1-13(9-11(14)6-7-18-13)8-10-2-4-12(5-3-10)15(16)17/h2-5,11H,6-9,14H2,1H3. The first kappa shape index (κ1) is 13.0. The van der Waals surface area contributed by atoms with Crippen molar-refractivity contribution in [3.05, 3.63) is 39.9 Å². The molecule has 1 heterocycles. The lowest BCUT2D eigenvalue weighted by molar-refractivity contribution is -0.384. The third-order valence-electron chi connectivity index (χ3n) is 3.36. The summed E-state index contributed by atoms with van der Waals surface area (Å²) in [5.74, 6) is 0. The number of rotatable bonds is 3. The van der Waals surface area contributed by atoms with Gasteiger partial charge in [0.1, 0.15) is 0 Å². The fraction of sp³-hybridized carbons (Fsp3) is 0.538. The van der Waals surface area contributed by atoms with Gasteiger partial charge >= 0.3 is 0 Å². The Morgan fingerprint density at radius 2 is 2.17 bits per heavy atom. The molecule has 1 aromatic carbocycles. The zero-order valence-corrected chi connectivity index (χ0v) is 10.5. The van der Waals surface area contributed by atoms with E-state index >= 15 is 0 Å². The van der Waals surface area contributed by atoms with Crippen LogP contribution in [0.2, 0.25) is 0 Å². The Balaban J connectivity index is 2.06. The Labute approximate surface area is 106 Å². The SMILES string of the molecule is CC1(Cc2ccc([N+](=O)[O-])cc2)CC(N)CCO1. The summed E-state index contributed by atoms with van der Waals surface area (Å²) < 4.78 is 5.80. The first-order valence-electron chi connectivity index (χ1n) is 6.11. The quantitative estimate of drug-likeness (QED) is 0.657. The molecule has 1 aliphatic heterocycles. The predicted octanol–water partition coefficient (Wildman–Crippen LogP) is 2.03. The van der Waals surface area contributed by atoms with E-state index in [0.717, 1.165) is 24.8 Å². The fourth-order valence-corrected chi connectivity index (χ4v) is 2.46. The maximum atomic E-state index is 10.6. The third-order valence-corrected chi connectivity index (χ3v) is 3.36. The fourth-order valence-electron chi connectivity index (χ4n) is 2.46. The van der Waals surface area contributed by atoms with Gasteiger partial charge < -0.3 is 10.5 Å². The lowest BCUT2D eigenvalue weighted by Gasteiger charge is -2.37. The Bertz CT molecular complexity index is 432. The normalized spacial score (nSPS) is 28.0. The minimum Gasteiger partial charge on any atom is -0.375 e. The molecule has 0 radical (unpaired) electrons. The molecule has 1 aromatic rings. The van der Waals surface area contributed by atoms with Crippen LogP contribution in [-0.4, -0.2) is 23.2 Å². The van der Waals surface area contributed by atoms with Gasteiger partial charge in [0.15, 0.2) is 0 Å². The van der Waals surface area contributed by atoms with Crippen molar-refractivity contribution in [3.63, 3.8) is 0 Å². The van der Waals surface area contributed by atoms with E-state index in [-0.39, 0.29) is 17.3 Å². The van der Waals surface area contributed by atoms with E-state index in [1.54, 1.807) is 12.1 Å². The molecule has 1 fully saturated rings. The number of nitrogens with zero attached hydrogens (tertiary/aromatic N) is 1.